The molecule has 0 radical (unpaired) electrons. The fourth-order valence-corrected chi connectivity index (χ4v) is 2.80. The third-order valence-electron chi connectivity index (χ3n) is 4.12. The maximum Gasteiger partial charge on any atom is 0.238 e. The first-order chi connectivity index (χ1) is 12.6. The number of hydrogen-bond acceptors (Lipinski definition) is 2. The third kappa shape index (κ3) is 4.77. The molecular formula is C22H21FN2O. The lowest BCUT2D eigenvalue weighted by atomic mass is 9.98. The number of nitrogens with one attached hydrogen (secondary N) is 2. The zero-order chi connectivity index (χ0) is 18.4. The van der Waals surface area contributed by atoms with Crippen LogP contribution in [0.1, 0.15) is 22.7 Å². The molecule has 0 aliphatic rings. The molecule has 2 N–H and O–H groups in total. The lowest BCUT2D eigenvalue weighted by Gasteiger charge is -2.20. The molecule has 4 heteroatoms. The van der Waals surface area contributed by atoms with Gasteiger partial charge in [0.1, 0.15) is 5.82 Å². The minimum absolute atomic E-state index is 0.102. The average Bonchev–Trinajstić information content (AvgIpc) is 2.64. The first-order valence-electron chi connectivity index (χ1n) is 8.52. The van der Waals surface area contributed by atoms with Gasteiger partial charge < -0.3 is 5.32 Å². The highest BCUT2D eigenvalue weighted by atomic mass is 19.1. The summed E-state index contributed by atoms with van der Waals surface area (Å²) in [6.45, 7) is 2.16. The molecule has 0 saturated heterocycles. The second-order valence-electron chi connectivity index (χ2n) is 6.19. The number of anilines is 1. The van der Waals surface area contributed by atoms with Gasteiger partial charge in [0.2, 0.25) is 5.91 Å². The Bertz CT molecular complexity index is 863. The predicted octanol–water partition coefficient (Wildman–Crippen LogP) is 4.45. The van der Waals surface area contributed by atoms with Crippen LogP contribution < -0.4 is 10.6 Å². The number of hydrogen-bond donors (Lipinski definition) is 2. The van der Waals surface area contributed by atoms with Crippen LogP contribution in [-0.2, 0) is 4.79 Å². The second kappa shape index (κ2) is 8.41. The summed E-state index contributed by atoms with van der Waals surface area (Å²) in [4.78, 5) is 12.2. The van der Waals surface area contributed by atoms with Crippen LogP contribution in [0.15, 0.2) is 78.9 Å². The number of amides is 1. The minimum Gasteiger partial charge on any atom is -0.325 e. The van der Waals surface area contributed by atoms with Crippen LogP contribution in [0.2, 0.25) is 0 Å². The van der Waals surface area contributed by atoms with Crippen molar-refractivity contribution in [3.05, 3.63) is 101 Å². The van der Waals surface area contributed by atoms with E-state index in [-0.39, 0.29) is 24.3 Å². The van der Waals surface area contributed by atoms with Crippen molar-refractivity contribution in [1.82, 2.24) is 5.32 Å². The lowest BCUT2D eigenvalue weighted by Crippen LogP contribution is -2.31. The molecule has 0 bridgehead atoms. The second-order valence-corrected chi connectivity index (χ2v) is 6.19. The molecule has 132 valence electrons. The summed E-state index contributed by atoms with van der Waals surface area (Å²) in [5.41, 5.74) is 3.79. The molecule has 0 aliphatic carbocycles. The number of carbonyl (C=O) groups is 1. The number of rotatable bonds is 6. The van der Waals surface area contributed by atoms with Gasteiger partial charge >= 0.3 is 0 Å². The monoisotopic (exact) mass is 348 g/mol. The zero-order valence-electron chi connectivity index (χ0n) is 14.6. The Morgan fingerprint density at radius 1 is 0.923 bits per heavy atom. The van der Waals surface area contributed by atoms with E-state index in [9.17, 15) is 9.18 Å². The predicted molar refractivity (Wildman–Crippen MR) is 102 cm³/mol. The molecule has 1 atom stereocenters. The topological polar surface area (TPSA) is 41.1 Å². The van der Waals surface area contributed by atoms with E-state index in [0.29, 0.717) is 5.69 Å². The average molecular weight is 348 g/mol. The van der Waals surface area contributed by atoms with E-state index in [4.69, 9.17) is 0 Å². The molecule has 3 aromatic rings. The van der Waals surface area contributed by atoms with Gasteiger partial charge in [0.15, 0.2) is 0 Å². The van der Waals surface area contributed by atoms with Crippen LogP contribution in [-0.4, -0.2) is 12.5 Å². The molecule has 0 unspecified atom stereocenters. The molecule has 3 nitrogen and oxygen atoms in total. The maximum absolute atomic E-state index is 13.2. The van der Waals surface area contributed by atoms with Crippen LogP contribution in [0.5, 0.6) is 0 Å². The zero-order valence-corrected chi connectivity index (χ0v) is 14.6. The van der Waals surface area contributed by atoms with Crippen molar-refractivity contribution >= 4 is 11.6 Å². The van der Waals surface area contributed by atoms with Gasteiger partial charge in [-0.05, 0) is 36.2 Å². The molecule has 0 aromatic heterocycles. The van der Waals surface area contributed by atoms with Crippen LogP contribution in [0.25, 0.3) is 0 Å². The summed E-state index contributed by atoms with van der Waals surface area (Å²) in [6, 6.07) is 24.0. The van der Waals surface area contributed by atoms with Gasteiger partial charge in [0.05, 0.1) is 12.6 Å². The summed E-state index contributed by atoms with van der Waals surface area (Å²) >= 11 is 0. The SMILES string of the molecule is Cc1ccc([C@@H](NCC(=O)Nc2cccc(F)c2)c2ccccc2)cc1. The Hall–Kier alpha value is -2.98. The fourth-order valence-electron chi connectivity index (χ4n) is 2.80. The van der Waals surface area contributed by atoms with Gasteiger partial charge in [-0.3, -0.25) is 10.1 Å². The van der Waals surface area contributed by atoms with Crippen molar-refractivity contribution in [2.75, 3.05) is 11.9 Å². The van der Waals surface area contributed by atoms with Gasteiger partial charge in [-0.1, -0.05) is 66.2 Å². The Balaban J connectivity index is 1.72. The van der Waals surface area contributed by atoms with Gasteiger partial charge in [0.25, 0.3) is 0 Å². The largest absolute Gasteiger partial charge is 0.325 e. The highest BCUT2D eigenvalue weighted by Gasteiger charge is 2.15. The molecule has 1 amide bonds. The van der Waals surface area contributed by atoms with Crippen molar-refractivity contribution in [2.45, 2.75) is 13.0 Å². The Labute approximate surface area is 152 Å². The molecule has 26 heavy (non-hydrogen) atoms. The summed E-state index contributed by atoms with van der Waals surface area (Å²) in [7, 11) is 0. The number of carbonyl (C=O) groups excluding carboxylic acids is 1. The van der Waals surface area contributed by atoms with Crippen molar-refractivity contribution < 1.29 is 9.18 Å². The molecule has 0 spiro atoms. The van der Waals surface area contributed by atoms with Gasteiger partial charge in [0, 0.05) is 5.69 Å². The van der Waals surface area contributed by atoms with E-state index in [0.717, 1.165) is 11.1 Å². The van der Waals surface area contributed by atoms with Gasteiger partial charge in [-0.2, -0.15) is 0 Å². The summed E-state index contributed by atoms with van der Waals surface area (Å²) in [5, 5.41) is 6.01. The summed E-state index contributed by atoms with van der Waals surface area (Å²) in [5.74, 6) is -0.596. The van der Waals surface area contributed by atoms with Crippen molar-refractivity contribution in [3.8, 4) is 0 Å². The maximum atomic E-state index is 13.2. The molecule has 0 heterocycles. The van der Waals surface area contributed by atoms with Crippen LogP contribution >= 0.6 is 0 Å². The van der Waals surface area contributed by atoms with Crippen molar-refractivity contribution in [1.29, 1.82) is 0 Å². The van der Waals surface area contributed by atoms with E-state index >= 15 is 0 Å². The number of halogens is 1. The molecule has 0 aliphatic heterocycles. The van der Waals surface area contributed by atoms with Crippen molar-refractivity contribution in [2.24, 2.45) is 0 Å². The fraction of sp³-hybridized carbons (Fsp3) is 0.136. The molecule has 0 fully saturated rings. The number of benzene rings is 3. The standard InChI is InChI=1S/C22H21FN2O/c1-16-10-12-18(13-11-16)22(17-6-3-2-4-7-17)24-15-21(26)25-20-9-5-8-19(23)14-20/h2-14,22,24H,15H2,1H3,(H,25,26)/t22-/m0/s1. The molecule has 3 aromatic carbocycles. The van der Waals surface area contributed by atoms with E-state index in [2.05, 4.69) is 34.9 Å². The van der Waals surface area contributed by atoms with Gasteiger partial charge in [-0.25, -0.2) is 4.39 Å². The normalized spacial score (nSPS) is 11.8. The molecule has 0 saturated carbocycles. The lowest BCUT2D eigenvalue weighted by molar-refractivity contribution is -0.115. The highest BCUT2D eigenvalue weighted by molar-refractivity contribution is 5.92. The smallest absolute Gasteiger partial charge is 0.238 e. The van der Waals surface area contributed by atoms with Gasteiger partial charge in [-0.15, -0.1) is 0 Å². The third-order valence-corrected chi connectivity index (χ3v) is 4.12. The first-order valence-corrected chi connectivity index (χ1v) is 8.52. The van der Waals surface area contributed by atoms with E-state index < -0.39 is 0 Å². The van der Waals surface area contributed by atoms with Crippen LogP contribution in [0.3, 0.4) is 0 Å². The molecular weight excluding hydrogens is 327 g/mol. The van der Waals surface area contributed by atoms with Crippen molar-refractivity contribution in [3.63, 3.8) is 0 Å². The van der Waals surface area contributed by atoms with E-state index in [1.807, 2.05) is 37.3 Å². The Morgan fingerprint density at radius 3 is 2.31 bits per heavy atom. The van der Waals surface area contributed by atoms with E-state index in [1.165, 1.54) is 17.7 Å². The van der Waals surface area contributed by atoms with Crippen LogP contribution in [0, 0.1) is 12.7 Å². The Morgan fingerprint density at radius 2 is 1.62 bits per heavy atom. The van der Waals surface area contributed by atoms with Crippen LogP contribution in [0.4, 0.5) is 10.1 Å². The Kier molecular flexibility index (Phi) is 5.77. The summed E-state index contributed by atoms with van der Waals surface area (Å²) < 4.78 is 13.2. The number of aryl methyl sites for hydroxylation is 1. The summed E-state index contributed by atoms with van der Waals surface area (Å²) in [6.07, 6.45) is 0. The van der Waals surface area contributed by atoms with E-state index in [1.54, 1.807) is 12.1 Å². The molecule has 3 rings (SSSR count). The first kappa shape index (κ1) is 17.8. The minimum atomic E-state index is -0.377. The quantitative estimate of drug-likeness (QED) is 0.691. The highest BCUT2D eigenvalue weighted by Crippen LogP contribution is 2.22.